The Morgan fingerprint density at radius 2 is 1.74 bits per heavy atom. The first-order valence-corrected chi connectivity index (χ1v) is 8.97. The Hall–Kier alpha value is -3.40. The molecule has 0 saturated carbocycles. The zero-order chi connectivity index (χ0) is 22.8. The standard InChI is InChI=1S/C21H16F5N3O2/c1-11(15-7-17(23)9-27-8-15)29-20(31)14-5-12(18-3-2-16(22)10-28-18)4-13(6-14)19(30)21(24,25)26/h2-11,19,30H,1H3,(H,29,31)/t11-,19?/m1/s1. The van der Waals surface area contributed by atoms with Gasteiger partial charge < -0.3 is 10.4 Å². The van der Waals surface area contributed by atoms with E-state index in [9.17, 15) is 31.9 Å². The summed E-state index contributed by atoms with van der Waals surface area (Å²) in [6, 6.07) is 5.94. The minimum Gasteiger partial charge on any atom is -0.379 e. The van der Waals surface area contributed by atoms with Crippen LogP contribution >= 0.6 is 0 Å². The lowest BCUT2D eigenvalue weighted by atomic mass is 9.98. The number of aromatic nitrogens is 2. The van der Waals surface area contributed by atoms with E-state index in [1.54, 1.807) is 6.92 Å². The first-order chi connectivity index (χ1) is 14.5. The minimum atomic E-state index is -4.97. The molecule has 0 fully saturated rings. The zero-order valence-electron chi connectivity index (χ0n) is 16.0. The van der Waals surface area contributed by atoms with Crippen molar-refractivity contribution < 1.29 is 31.9 Å². The lowest BCUT2D eigenvalue weighted by Gasteiger charge is -2.18. The normalized spacial score (nSPS) is 13.5. The van der Waals surface area contributed by atoms with Crippen molar-refractivity contribution in [1.29, 1.82) is 0 Å². The Morgan fingerprint density at radius 3 is 2.35 bits per heavy atom. The van der Waals surface area contributed by atoms with Gasteiger partial charge in [-0.2, -0.15) is 13.2 Å². The number of nitrogens with one attached hydrogen (secondary N) is 1. The summed E-state index contributed by atoms with van der Waals surface area (Å²) in [6.45, 7) is 1.55. The van der Waals surface area contributed by atoms with Gasteiger partial charge in [0.25, 0.3) is 5.91 Å². The molecule has 0 spiro atoms. The fourth-order valence-corrected chi connectivity index (χ4v) is 2.85. The number of rotatable bonds is 5. The van der Waals surface area contributed by atoms with Gasteiger partial charge in [-0.1, -0.05) is 0 Å². The first-order valence-electron chi connectivity index (χ1n) is 8.97. The highest BCUT2D eigenvalue weighted by atomic mass is 19.4. The third-order valence-corrected chi connectivity index (χ3v) is 4.44. The second-order valence-electron chi connectivity index (χ2n) is 6.78. The molecule has 0 aliphatic rings. The number of aliphatic hydroxyl groups excluding tert-OH is 1. The van der Waals surface area contributed by atoms with Crippen molar-refractivity contribution in [2.24, 2.45) is 0 Å². The zero-order valence-corrected chi connectivity index (χ0v) is 16.0. The summed E-state index contributed by atoms with van der Waals surface area (Å²) in [4.78, 5) is 20.2. The monoisotopic (exact) mass is 437 g/mol. The van der Waals surface area contributed by atoms with Gasteiger partial charge in [-0.25, -0.2) is 8.78 Å². The molecule has 0 aliphatic heterocycles. The quantitative estimate of drug-likeness (QED) is 0.576. The lowest BCUT2D eigenvalue weighted by molar-refractivity contribution is -0.206. The molecule has 162 valence electrons. The largest absolute Gasteiger partial charge is 0.418 e. The highest BCUT2D eigenvalue weighted by Crippen LogP contribution is 2.35. The SMILES string of the molecule is C[C@@H](NC(=O)c1cc(-c2ccc(F)cn2)cc(C(O)C(F)(F)F)c1)c1cncc(F)c1. The second kappa shape index (κ2) is 8.76. The predicted molar refractivity (Wildman–Crippen MR) is 101 cm³/mol. The van der Waals surface area contributed by atoms with Crippen LogP contribution in [0.15, 0.2) is 55.0 Å². The van der Waals surface area contributed by atoms with Gasteiger partial charge in [0.2, 0.25) is 0 Å². The van der Waals surface area contributed by atoms with E-state index in [0.717, 1.165) is 36.7 Å². The summed E-state index contributed by atoms with van der Waals surface area (Å²) in [5, 5.41) is 12.2. The van der Waals surface area contributed by atoms with Crippen LogP contribution in [0, 0.1) is 11.6 Å². The van der Waals surface area contributed by atoms with Crippen molar-refractivity contribution in [2.45, 2.75) is 25.2 Å². The number of aliphatic hydroxyl groups is 1. The van der Waals surface area contributed by atoms with Crippen LogP contribution in [0.2, 0.25) is 0 Å². The van der Waals surface area contributed by atoms with Crippen LogP contribution in [0.1, 0.15) is 40.6 Å². The Balaban J connectivity index is 1.98. The molecule has 0 radical (unpaired) electrons. The maximum atomic E-state index is 13.4. The molecular weight excluding hydrogens is 421 g/mol. The summed E-state index contributed by atoms with van der Waals surface area (Å²) >= 11 is 0. The fourth-order valence-electron chi connectivity index (χ4n) is 2.85. The van der Waals surface area contributed by atoms with Gasteiger partial charge in [-0.15, -0.1) is 0 Å². The van der Waals surface area contributed by atoms with Gasteiger partial charge in [-0.05, 0) is 54.4 Å². The number of carbonyl (C=O) groups is 1. The van der Waals surface area contributed by atoms with E-state index >= 15 is 0 Å². The summed E-state index contributed by atoms with van der Waals surface area (Å²) < 4.78 is 65.7. The summed E-state index contributed by atoms with van der Waals surface area (Å²) in [6.07, 6.45) is -4.61. The highest BCUT2D eigenvalue weighted by molar-refractivity contribution is 5.96. The number of alkyl halides is 3. The molecule has 0 saturated heterocycles. The molecule has 3 aromatic rings. The van der Waals surface area contributed by atoms with Crippen LogP contribution in [0.4, 0.5) is 22.0 Å². The van der Waals surface area contributed by atoms with Gasteiger partial charge in [0.1, 0.15) is 11.6 Å². The van der Waals surface area contributed by atoms with E-state index in [1.165, 1.54) is 18.3 Å². The first kappa shape index (κ1) is 22.3. The van der Waals surface area contributed by atoms with E-state index in [4.69, 9.17) is 0 Å². The van der Waals surface area contributed by atoms with Crippen molar-refractivity contribution >= 4 is 5.91 Å². The molecular formula is C21H16F5N3O2. The molecule has 0 bridgehead atoms. The number of halogens is 5. The third kappa shape index (κ3) is 5.40. The van der Waals surface area contributed by atoms with Crippen molar-refractivity contribution in [1.82, 2.24) is 15.3 Å². The van der Waals surface area contributed by atoms with Crippen LogP contribution in [-0.4, -0.2) is 27.2 Å². The molecule has 1 unspecified atom stereocenters. The number of pyridine rings is 2. The van der Waals surface area contributed by atoms with Gasteiger partial charge in [0, 0.05) is 17.3 Å². The molecule has 2 aromatic heterocycles. The topological polar surface area (TPSA) is 75.1 Å². The molecule has 5 nitrogen and oxygen atoms in total. The molecule has 10 heteroatoms. The smallest absolute Gasteiger partial charge is 0.379 e. The van der Waals surface area contributed by atoms with Crippen molar-refractivity contribution in [3.63, 3.8) is 0 Å². The summed E-state index contributed by atoms with van der Waals surface area (Å²) in [5.74, 6) is -2.03. The number of hydrogen-bond donors (Lipinski definition) is 2. The molecule has 2 atom stereocenters. The van der Waals surface area contributed by atoms with Crippen LogP contribution in [0.3, 0.4) is 0 Å². The number of benzene rings is 1. The average Bonchev–Trinajstić information content (AvgIpc) is 2.72. The number of amides is 1. The molecule has 2 heterocycles. The van der Waals surface area contributed by atoms with Crippen molar-refractivity contribution in [3.8, 4) is 11.3 Å². The van der Waals surface area contributed by atoms with Crippen molar-refractivity contribution in [3.05, 3.63) is 83.3 Å². The van der Waals surface area contributed by atoms with Crippen LogP contribution < -0.4 is 5.32 Å². The Morgan fingerprint density at radius 1 is 1.00 bits per heavy atom. The predicted octanol–water partition coefficient (Wildman–Crippen LogP) is 4.51. The molecule has 2 N–H and O–H groups in total. The van der Waals surface area contributed by atoms with E-state index in [2.05, 4.69) is 15.3 Å². The molecule has 0 aliphatic carbocycles. The molecule has 1 aromatic carbocycles. The Labute approximate surface area is 173 Å². The third-order valence-electron chi connectivity index (χ3n) is 4.44. The maximum Gasteiger partial charge on any atom is 0.418 e. The molecule has 1 amide bonds. The van der Waals surface area contributed by atoms with E-state index in [-0.39, 0.29) is 16.8 Å². The summed E-state index contributed by atoms with van der Waals surface area (Å²) in [5.41, 5.74) is -0.250. The van der Waals surface area contributed by atoms with Gasteiger partial charge in [-0.3, -0.25) is 14.8 Å². The fraction of sp³-hybridized carbons (Fsp3) is 0.190. The van der Waals surface area contributed by atoms with E-state index < -0.39 is 41.4 Å². The number of hydrogen-bond acceptors (Lipinski definition) is 4. The molecule has 3 rings (SSSR count). The van der Waals surface area contributed by atoms with Crippen LogP contribution in [0.25, 0.3) is 11.3 Å². The minimum absolute atomic E-state index is 0.0750. The van der Waals surface area contributed by atoms with Gasteiger partial charge in [0.05, 0.1) is 24.1 Å². The molecule has 31 heavy (non-hydrogen) atoms. The lowest BCUT2D eigenvalue weighted by Crippen LogP contribution is -2.27. The summed E-state index contributed by atoms with van der Waals surface area (Å²) in [7, 11) is 0. The van der Waals surface area contributed by atoms with E-state index in [0.29, 0.717) is 5.56 Å². The van der Waals surface area contributed by atoms with Crippen molar-refractivity contribution in [2.75, 3.05) is 0 Å². The average molecular weight is 437 g/mol. The van der Waals surface area contributed by atoms with Gasteiger partial charge in [0.15, 0.2) is 6.10 Å². The van der Waals surface area contributed by atoms with Crippen LogP contribution in [0.5, 0.6) is 0 Å². The van der Waals surface area contributed by atoms with E-state index in [1.807, 2.05) is 0 Å². The highest BCUT2D eigenvalue weighted by Gasteiger charge is 2.39. The van der Waals surface area contributed by atoms with Crippen LogP contribution in [-0.2, 0) is 0 Å². The second-order valence-corrected chi connectivity index (χ2v) is 6.78. The van der Waals surface area contributed by atoms with Gasteiger partial charge >= 0.3 is 6.18 Å². The maximum absolute atomic E-state index is 13.4. The Kier molecular flexibility index (Phi) is 6.30. The number of carbonyl (C=O) groups excluding carboxylic acids is 1. The number of nitrogens with zero attached hydrogens (tertiary/aromatic N) is 2. The Bertz CT molecular complexity index is 1090.